The number of amides is 1. The molecule has 160 valence electrons. The summed E-state index contributed by atoms with van der Waals surface area (Å²) in [5.74, 6) is -0.104. The van der Waals surface area contributed by atoms with Crippen LogP contribution >= 0.6 is 24.0 Å². The maximum Gasteiger partial charge on any atom is 0.249 e. The molecule has 4 N–H and O–H groups in total. The molecular weight excluding hydrogens is 438 g/mol. The number of hydrazine groups is 1. The van der Waals surface area contributed by atoms with Crippen molar-refractivity contribution in [3.8, 4) is 22.5 Å². The van der Waals surface area contributed by atoms with Crippen LogP contribution in [0.5, 0.6) is 0 Å². The van der Waals surface area contributed by atoms with Crippen LogP contribution in [-0.4, -0.2) is 26.7 Å². The number of rotatable bonds is 6. The molecule has 32 heavy (non-hydrogen) atoms. The number of aromatic nitrogens is 2. The van der Waals surface area contributed by atoms with Crippen molar-refractivity contribution in [3.63, 3.8) is 0 Å². The molecule has 6 nitrogen and oxygen atoms in total. The van der Waals surface area contributed by atoms with Crippen LogP contribution in [-0.2, 0) is 4.79 Å². The minimum atomic E-state index is -0.245. The quantitative estimate of drug-likeness (QED) is 0.222. The number of H-pyrrole nitrogens is 1. The van der Waals surface area contributed by atoms with Crippen LogP contribution in [0.4, 0.5) is 5.69 Å². The summed E-state index contributed by atoms with van der Waals surface area (Å²) in [4.78, 5) is 20.7. The number of carbonyl (C=O) groups is 1. The summed E-state index contributed by atoms with van der Waals surface area (Å²) < 4.78 is 0. The Hall–Kier alpha value is -3.62. The Morgan fingerprint density at radius 2 is 1.50 bits per heavy atom. The summed E-state index contributed by atoms with van der Waals surface area (Å²) >= 11 is 6.40. The van der Waals surface area contributed by atoms with Gasteiger partial charge in [0.1, 0.15) is 0 Å². The van der Waals surface area contributed by atoms with E-state index in [1.165, 1.54) is 16.8 Å². The molecule has 0 aliphatic heterocycles. The number of aromatic amines is 1. The predicted molar refractivity (Wildman–Crippen MR) is 134 cm³/mol. The van der Waals surface area contributed by atoms with E-state index in [1.807, 2.05) is 91.0 Å². The lowest BCUT2D eigenvalue weighted by atomic mass is 10.1. The normalized spacial score (nSPS) is 10.5. The number of thioether (sulfide) groups is 1. The molecule has 1 amide bonds. The van der Waals surface area contributed by atoms with E-state index in [9.17, 15) is 4.79 Å². The Kier molecular flexibility index (Phi) is 6.84. The Bertz CT molecular complexity index is 1140. The number of nitrogens with zero attached hydrogens (tertiary/aromatic N) is 2. The van der Waals surface area contributed by atoms with Crippen molar-refractivity contribution in [1.82, 2.24) is 15.4 Å². The molecule has 3 aromatic carbocycles. The van der Waals surface area contributed by atoms with Crippen LogP contribution in [0.15, 0.2) is 96.2 Å². The molecule has 0 fully saturated rings. The molecule has 8 heteroatoms. The summed E-state index contributed by atoms with van der Waals surface area (Å²) in [7, 11) is 0. The van der Waals surface area contributed by atoms with Crippen LogP contribution in [0.3, 0.4) is 0 Å². The van der Waals surface area contributed by atoms with E-state index in [0.717, 1.165) is 22.5 Å². The van der Waals surface area contributed by atoms with Gasteiger partial charge in [0.2, 0.25) is 5.91 Å². The molecule has 0 aliphatic carbocycles. The van der Waals surface area contributed by atoms with Gasteiger partial charge in [-0.05, 0) is 24.4 Å². The lowest BCUT2D eigenvalue weighted by Gasteiger charge is -2.23. The van der Waals surface area contributed by atoms with Gasteiger partial charge >= 0.3 is 0 Å². The number of thiocarbonyl (C=S) groups is 1. The van der Waals surface area contributed by atoms with E-state index in [4.69, 9.17) is 22.9 Å². The molecule has 4 rings (SSSR count). The Morgan fingerprint density at radius 3 is 2.09 bits per heavy atom. The smallest absolute Gasteiger partial charge is 0.249 e. The van der Waals surface area contributed by atoms with E-state index in [-0.39, 0.29) is 16.8 Å². The van der Waals surface area contributed by atoms with Gasteiger partial charge in [-0.3, -0.25) is 10.2 Å². The maximum atomic E-state index is 12.6. The summed E-state index contributed by atoms with van der Waals surface area (Å²) in [6.45, 7) is 0. The minimum Gasteiger partial charge on any atom is -0.374 e. The van der Waals surface area contributed by atoms with Crippen molar-refractivity contribution in [3.05, 3.63) is 91.0 Å². The SMILES string of the molecule is NC(=S)N(NC(=O)CSc1nc(-c2ccccc2)c(-c2ccccc2)[nH]1)c1ccccc1. The second kappa shape index (κ2) is 10.1. The summed E-state index contributed by atoms with van der Waals surface area (Å²) in [5.41, 5.74) is 13.0. The summed E-state index contributed by atoms with van der Waals surface area (Å²) in [5, 5.41) is 2.11. The highest BCUT2D eigenvalue weighted by molar-refractivity contribution is 7.99. The van der Waals surface area contributed by atoms with Gasteiger partial charge in [0.05, 0.1) is 22.8 Å². The average Bonchev–Trinajstić information content (AvgIpc) is 3.27. The third kappa shape index (κ3) is 5.16. The van der Waals surface area contributed by atoms with E-state index < -0.39 is 0 Å². The highest BCUT2D eigenvalue weighted by Crippen LogP contribution is 2.32. The van der Waals surface area contributed by atoms with Crippen molar-refractivity contribution in [2.45, 2.75) is 5.16 Å². The first-order chi connectivity index (χ1) is 15.6. The van der Waals surface area contributed by atoms with Crippen molar-refractivity contribution in [2.75, 3.05) is 10.8 Å². The predicted octanol–water partition coefficient (Wildman–Crippen LogP) is 4.62. The Labute approximate surface area is 195 Å². The van der Waals surface area contributed by atoms with Gasteiger partial charge in [-0.25, -0.2) is 9.99 Å². The first-order valence-electron chi connectivity index (χ1n) is 9.89. The van der Waals surface area contributed by atoms with Crippen molar-refractivity contribution >= 4 is 40.7 Å². The van der Waals surface area contributed by atoms with E-state index >= 15 is 0 Å². The van der Waals surface area contributed by atoms with Gasteiger partial charge in [-0.2, -0.15) is 0 Å². The maximum absolute atomic E-state index is 12.6. The minimum absolute atomic E-state index is 0.0604. The highest BCUT2D eigenvalue weighted by atomic mass is 32.2. The summed E-state index contributed by atoms with van der Waals surface area (Å²) in [6, 6.07) is 29.2. The second-order valence-electron chi connectivity index (χ2n) is 6.83. The zero-order chi connectivity index (χ0) is 22.3. The standard InChI is InChI=1S/C24H21N5OS2/c25-23(31)29(19-14-8-3-9-15-19)28-20(30)16-32-24-26-21(17-10-4-1-5-11-17)22(27-24)18-12-6-2-7-13-18/h1-15H,16H2,(H2,25,31)(H,26,27)(H,28,30). The van der Waals surface area contributed by atoms with Gasteiger partial charge in [-0.15, -0.1) is 0 Å². The fourth-order valence-electron chi connectivity index (χ4n) is 3.15. The number of hydrogen-bond donors (Lipinski definition) is 3. The number of imidazole rings is 1. The molecular formula is C24H21N5OS2. The monoisotopic (exact) mass is 459 g/mol. The molecule has 0 radical (unpaired) electrons. The first kappa shape index (κ1) is 21.6. The fraction of sp³-hybridized carbons (Fsp3) is 0.0417. The topological polar surface area (TPSA) is 87.0 Å². The Balaban J connectivity index is 1.51. The molecule has 0 spiro atoms. The average molecular weight is 460 g/mol. The largest absolute Gasteiger partial charge is 0.374 e. The fourth-order valence-corrected chi connectivity index (χ4v) is 3.97. The molecule has 1 aromatic heterocycles. The highest BCUT2D eigenvalue weighted by Gasteiger charge is 2.17. The number of anilines is 1. The van der Waals surface area contributed by atoms with Crippen LogP contribution in [0.1, 0.15) is 0 Å². The van der Waals surface area contributed by atoms with Gasteiger partial charge in [-0.1, -0.05) is 90.6 Å². The molecule has 0 saturated carbocycles. The van der Waals surface area contributed by atoms with Crippen molar-refractivity contribution in [1.29, 1.82) is 0 Å². The van der Waals surface area contributed by atoms with Gasteiger partial charge in [0.25, 0.3) is 0 Å². The van der Waals surface area contributed by atoms with Crippen LogP contribution in [0.25, 0.3) is 22.5 Å². The molecule has 0 bridgehead atoms. The Morgan fingerprint density at radius 1 is 0.938 bits per heavy atom. The lowest BCUT2D eigenvalue weighted by molar-refractivity contribution is -0.118. The van der Waals surface area contributed by atoms with Crippen molar-refractivity contribution < 1.29 is 4.79 Å². The van der Waals surface area contributed by atoms with Crippen LogP contribution < -0.4 is 16.2 Å². The van der Waals surface area contributed by atoms with E-state index in [0.29, 0.717) is 10.8 Å². The molecule has 0 unspecified atom stereocenters. The number of nitrogens with two attached hydrogens (primary N) is 1. The van der Waals surface area contributed by atoms with Crippen LogP contribution in [0, 0.1) is 0 Å². The third-order valence-electron chi connectivity index (χ3n) is 4.60. The second-order valence-corrected chi connectivity index (χ2v) is 8.21. The lowest BCUT2D eigenvalue weighted by Crippen LogP contribution is -2.49. The number of hydrogen-bond acceptors (Lipinski definition) is 4. The first-order valence-corrected chi connectivity index (χ1v) is 11.3. The third-order valence-corrected chi connectivity index (χ3v) is 5.66. The molecule has 1 heterocycles. The van der Waals surface area contributed by atoms with Crippen LogP contribution in [0.2, 0.25) is 0 Å². The molecule has 0 atom stereocenters. The zero-order valence-corrected chi connectivity index (χ0v) is 18.7. The van der Waals surface area contributed by atoms with Gasteiger partial charge < -0.3 is 10.7 Å². The molecule has 4 aromatic rings. The van der Waals surface area contributed by atoms with Crippen molar-refractivity contribution in [2.24, 2.45) is 5.73 Å². The number of para-hydroxylation sites is 1. The number of benzene rings is 3. The van der Waals surface area contributed by atoms with E-state index in [1.54, 1.807) is 0 Å². The van der Waals surface area contributed by atoms with Gasteiger partial charge in [0.15, 0.2) is 10.3 Å². The van der Waals surface area contributed by atoms with Gasteiger partial charge in [0, 0.05) is 11.1 Å². The number of carbonyl (C=O) groups excluding carboxylic acids is 1. The zero-order valence-electron chi connectivity index (χ0n) is 17.1. The summed E-state index contributed by atoms with van der Waals surface area (Å²) in [6.07, 6.45) is 0. The van der Waals surface area contributed by atoms with E-state index in [2.05, 4.69) is 10.4 Å². The molecule has 0 saturated heterocycles. The number of nitrogens with one attached hydrogen (secondary N) is 2. The molecule has 0 aliphatic rings.